The number of nitrogens with one attached hydrogen (secondary N) is 1. The molecule has 21 heavy (non-hydrogen) atoms. The molecular weight excluding hydrogens is 270 g/mol. The van der Waals surface area contributed by atoms with Gasteiger partial charge in [-0.1, -0.05) is 42.0 Å². The molecule has 0 heterocycles. The lowest BCUT2D eigenvalue weighted by Crippen LogP contribution is -2.33. The molecule has 0 aromatic heterocycles. The van der Waals surface area contributed by atoms with E-state index in [0.717, 1.165) is 5.56 Å². The van der Waals surface area contributed by atoms with Crippen LogP contribution in [0.15, 0.2) is 48.5 Å². The van der Waals surface area contributed by atoms with E-state index in [1.165, 1.54) is 12.1 Å². The van der Waals surface area contributed by atoms with E-state index in [0.29, 0.717) is 5.56 Å². The monoisotopic (exact) mass is 285 g/mol. The van der Waals surface area contributed by atoms with Crippen molar-refractivity contribution in [2.45, 2.75) is 13.0 Å². The normalized spacial score (nSPS) is 11.7. The van der Waals surface area contributed by atoms with Crippen LogP contribution in [0.4, 0.5) is 0 Å². The first-order valence-corrected chi connectivity index (χ1v) is 6.37. The summed E-state index contributed by atoms with van der Waals surface area (Å²) in [5.41, 5.74) is 1.31. The molecule has 0 radical (unpaired) electrons. The Labute approximate surface area is 121 Å². The molecule has 0 bridgehead atoms. The van der Waals surface area contributed by atoms with Crippen molar-refractivity contribution < 1.29 is 19.8 Å². The van der Waals surface area contributed by atoms with Crippen molar-refractivity contribution in [3.05, 3.63) is 65.2 Å². The summed E-state index contributed by atoms with van der Waals surface area (Å²) in [6.45, 7) is 1.78. The van der Waals surface area contributed by atoms with Crippen LogP contribution in [-0.2, 0) is 4.79 Å². The third-order valence-corrected chi connectivity index (χ3v) is 3.05. The minimum atomic E-state index is -1.17. The molecule has 0 fully saturated rings. The highest BCUT2D eigenvalue weighted by Gasteiger charge is 2.23. The maximum absolute atomic E-state index is 12.2. The number of phenolic OH excluding ortho intramolecular Hbond substituents is 1. The van der Waals surface area contributed by atoms with Crippen molar-refractivity contribution in [2.75, 3.05) is 0 Å². The number of aryl methyl sites for hydroxylation is 1. The highest BCUT2D eigenvalue weighted by Crippen LogP contribution is 2.20. The number of amides is 1. The van der Waals surface area contributed by atoms with Gasteiger partial charge in [0.05, 0.1) is 5.56 Å². The van der Waals surface area contributed by atoms with Crippen molar-refractivity contribution in [1.82, 2.24) is 5.32 Å². The average Bonchev–Trinajstić information content (AvgIpc) is 2.47. The summed E-state index contributed by atoms with van der Waals surface area (Å²) in [6, 6.07) is 11.8. The van der Waals surface area contributed by atoms with Gasteiger partial charge in [-0.2, -0.15) is 0 Å². The molecule has 0 unspecified atom stereocenters. The van der Waals surface area contributed by atoms with Crippen LogP contribution >= 0.6 is 0 Å². The number of rotatable bonds is 4. The summed E-state index contributed by atoms with van der Waals surface area (Å²) >= 11 is 0. The second-order valence-corrected chi connectivity index (χ2v) is 4.68. The van der Waals surface area contributed by atoms with Gasteiger partial charge >= 0.3 is 5.97 Å². The predicted octanol–water partition coefficient (Wildman–Crippen LogP) is 2.26. The zero-order chi connectivity index (χ0) is 15.4. The summed E-state index contributed by atoms with van der Waals surface area (Å²) in [5.74, 6) is -1.98. The molecular formula is C16H15NO4. The van der Waals surface area contributed by atoms with Gasteiger partial charge in [-0.25, -0.2) is 4.79 Å². The number of hydrogen-bond acceptors (Lipinski definition) is 3. The first-order chi connectivity index (χ1) is 9.99. The van der Waals surface area contributed by atoms with Gasteiger partial charge in [0, 0.05) is 0 Å². The summed E-state index contributed by atoms with van der Waals surface area (Å²) in [5, 5.41) is 21.4. The van der Waals surface area contributed by atoms with Crippen molar-refractivity contribution in [3.8, 4) is 5.75 Å². The Morgan fingerprint density at radius 2 is 1.76 bits per heavy atom. The molecule has 0 spiro atoms. The van der Waals surface area contributed by atoms with Gasteiger partial charge < -0.3 is 15.5 Å². The van der Waals surface area contributed by atoms with Gasteiger partial charge in [-0.3, -0.25) is 4.79 Å². The summed E-state index contributed by atoms with van der Waals surface area (Å²) in [7, 11) is 0. The van der Waals surface area contributed by atoms with Crippen LogP contribution in [-0.4, -0.2) is 22.1 Å². The number of carboxylic acids is 1. The number of aliphatic carboxylic acids is 1. The maximum Gasteiger partial charge on any atom is 0.330 e. The molecule has 0 aliphatic carbocycles. The third-order valence-electron chi connectivity index (χ3n) is 3.05. The van der Waals surface area contributed by atoms with Gasteiger partial charge in [0.25, 0.3) is 5.91 Å². The number of benzene rings is 2. The molecule has 5 nitrogen and oxygen atoms in total. The molecule has 108 valence electrons. The van der Waals surface area contributed by atoms with Crippen molar-refractivity contribution >= 4 is 11.9 Å². The Morgan fingerprint density at radius 1 is 1.10 bits per heavy atom. The van der Waals surface area contributed by atoms with Gasteiger partial charge in [-0.15, -0.1) is 0 Å². The standard InChI is InChI=1S/C16H15NO4/c1-10-7-8-13(18)12(9-10)15(19)17-14(16(20)21)11-5-3-2-4-6-11/h2-9,14,18H,1H3,(H,17,19)(H,20,21)/t14-/m1/s1. The summed E-state index contributed by atoms with van der Waals surface area (Å²) < 4.78 is 0. The van der Waals surface area contributed by atoms with Crippen molar-refractivity contribution in [2.24, 2.45) is 0 Å². The molecule has 5 heteroatoms. The van der Waals surface area contributed by atoms with Gasteiger partial charge in [0.1, 0.15) is 5.75 Å². The lowest BCUT2D eigenvalue weighted by atomic mass is 10.1. The van der Waals surface area contributed by atoms with E-state index in [1.807, 2.05) is 0 Å². The topological polar surface area (TPSA) is 86.6 Å². The Balaban J connectivity index is 2.27. The summed E-state index contributed by atoms with van der Waals surface area (Å²) in [6.07, 6.45) is 0. The van der Waals surface area contributed by atoms with Gasteiger partial charge in [0.2, 0.25) is 0 Å². The zero-order valence-corrected chi connectivity index (χ0v) is 11.4. The van der Waals surface area contributed by atoms with Gasteiger partial charge in [-0.05, 0) is 24.6 Å². The summed E-state index contributed by atoms with van der Waals surface area (Å²) in [4.78, 5) is 23.5. The first-order valence-electron chi connectivity index (χ1n) is 6.37. The third kappa shape index (κ3) is 3.39. The van der Waals surface area contributed by atoms with Gasteiger partial charge in [0.15, 0.2) is 6.04 Å². The zero-order valence-electron chi connectivity index (χ0n) is 11.4. The van der Waals surface area contributed by atoms with Crippen LogP contribution < -0.4 is 5.32 Å². The Morgan fingerprint density at radius 3 is 2.38 bits per heavy atom. The molecule has 0 aliphatic rings. The van der Waals surface area contributed by atoms with Crippen molar-refractivity contribution in [1.29, 1.82) is 0 Å². The molecule has 3 N–H and O–H groups in total. The van der Waals surface area contributed by atoms with Crippen LogP contribution in [0, 0.1) is 6.92 Å². The smallest absolute Gasteiger partial charge is 0.330 e. The van der Waals surface area contributed by atoms with E-state index in [2.05, 4.69) is 5.32 Å². The van der Waals surface area contributed by atoms with Crippen LogP contribution in [0.1, 0.15) is 27.5 Å². The number of phenols is 1. The van der Waals surface area contributed by atoms with E-state index in [9.17, 15) is 19.8 Å². The quantitative estimate of drug-likeness (QED) is 0.804. The lowest BCUT2D eigenvalue weighted by Gasteiger charge is -2.15. The van der Waals surface area contributed by atoms with Crippen LogP contribution in [0.3, 0.4) is 0 Å². The van der Waals surface area contributed by atoms with E-state index >= 15 is 0 Å². The SMILES string of the molecule is Cc1ccc(O)c(C(=O)N[C@@H](C(=O)O)c2ccccc2)c1. The highest BCUT2D eigenvalue weighted by atomic mass is 16.4. The number of aromatic hydroxyl groups is 1. The van der Waals surface area contributed by atoms with E-state index < -0.39 is 17.9 Å². The molecule has 1 amide bonds. The number of carbonyl (C=O) groups is 2. The maximum atomic E-state index is 12.2. The first kappa shape index (κ1) is 14.6. The fraction of sp³-hybridized carbons (Fsp3) is 0.125. The second-order valence-electron chi connectivity index (χ2n) is 4.68. The molecule has 0 saturated carbocycles. The van der Waals surface area contributed by atoms with Crippen LogP contribution in [0.5, 0.6) is 5.75 Å². The predicted molar refractivity (Wildman–Crippen MR) is 77.1 cm³/mol. The second kappa shape index (κ2) is 6.09. The largest absolute Gasteiger partial charge is 0.507 e. The molecule has 1 atom stereocenters. The van der Waals surface area contributed by atoms with Crippen molar-refractivity contribution in [3.63, 3.8) is 0 Å². The number of hydrogen-bond donors (Lipinski definition) is 3. The highest BCUT2D eigenvalue weighted by molar-refractivity contribution is 5.99. The van der Waals surface area contributed by atoms with Crippen LogP contribution in [0.2, 0.25) is 0 Å². The van der Waals surface area contributed by atoms with E-state index in [1.54, 1.807) is 43.3 Å². The number of carbonyl (C=O) groups excluding carboxylic acids is 1. The van der Waals surface area contributed by atoms with E-state index in [4.69, 9.17) is 0 Å². The average molecular weight is 285 g/mol. The lowest BCUT2D eigenvalue weighted by molar-refractivity contribution is -0.139. The Kier molecular flexibility index (Phi) is 4.23. The molecule has 2 rings (SSSR count). The van der Waals surface area contributed by atoms with E-state index in [-0.39, 0.29) is 11.3 Å². The number of carboxylic acid groups (broad SMARTS) is 1. The minimum Gasteiger partial charge on any atom is -0.507 e. The fourth-order valence-electron chi connectivity index (χ4n) is 1.97. The molecule has 0 saturated heterocycles. The Hall–Kier alpha value is -2.82. The molecule has 0 aliphatic heterocycles. The minimum absolute atomic E-state index is 0.0529. The fourth-order valence-corrected chi connectivity index (χ4v) is 1.97. The Bertz CT molecular complexity index is 667. The van der Waals surface area contributed by atoms with Crippen LogP contribution in [0.25, 0.3) is 0 Å². The molecule has 2 aromatic rings. The molecule has 2 aromatic carbocycles.